The molecule has 0 saturated carbocycles. The van der Waals surface area contributed by atoms with Crippen LogP contribution in [0.1, 0.15) is 43.0 Å². The van der Waals surface area contributed by atoms with Crippen molar-refractivity contribution in [1.29, 1.82) is 0 Å². The van der Waals surface area contributed by atoms with E-state index in [4.69, 9.17) is 0 Å². The highest BCUT2D eigenvalue weighted by Crippen LogP contribution is 2.15. The molecule has 0 atom stereocenters. The number of benzene rings is 1. The van der Waals surface area contributed by atoms with Crippen molar-refractivity contribution in [2.45, 2.75) is 32.6 Å². The van der Waals surface area contributed by atoms with Gasteiger partial charge in [-0.15, -0.1) is 0 Å². The monoisotopic (exact) mass is 281 g/mol. The van der Waals surface area contributed by atoms with Gasteiger partial charge in [0.25, 0.3) is 0 Å². The average molecular weight is 281 g/mol. The maximum absolute atomic E-state index is 13.3. The number of hydrogen-bond acceptors (Lipinski definition) is 4. The van der Waals surface area contributed by atoms with E-state index in [9.17, 15) is 14.0 Å². The predicted molar refractivity (Wildman–Crippen MR) is 75.4 cm³/mol. The number of nitrogens with one attached hydrogen (secondary N) is 1. The highest BCUT2D eigenvalue weighted by Gasteiger charge is 2.04. The number of rotatable bonds is 8. The quantitative estimate of drug-likeness (QED) is 0.452. The lowest BCUT2D eigenvalue weighted by atomic mass is 10.1. The minimum Gasteiger partial charge on any atom is -0.469 e. The van der Waals surface area contributed by atoms with Crippen LogP contribution in [0.15, 0.2) is 18.2 Å². The van der Waals surface area contributed by atoms with Gasteiger partial charge in [-0.2, -0.15) is 0 Å². The van der Waals surface area contributed by atoms with Crippen molar-refractivity contribution in [3.63, 3.8) is 0 Å². The standard InChI is InChI=1S/C15H20FNO3/c1-11(18)12-8-13(16)10-14(9-12)17-7-5-3-4-6-15(19)20-2/h8-10,17H,3-7H2,1-2H3. The fourth-order valence-electron chi connectivity index (χ4n) is 1.80. The number of unbranched alkanes of at least 4 members (excludes halogenated alkanes) is 2. The number of anilines is 1. The summed E-state index contributed by atoms with van der Waals surface area (Å²) in [6.45, 7) is 2.08. The third-order valence-corrected chi connectivity index (χ3v) is 2.92. The van der Waals surface area contributed by atoms with Gasteiger partial charge in [-0.05, 0) is 38.0 Å². The molecule has 1 N–H and O–H groups in total. The lowest BCUT2D eigenvalue weighted by Gasteiger charge is -2.08. The van der Waals surface area contributed by atoms with Gasteiger partial charge in [-0.25, -0.2) is 4.39 Å². The van der Waals surface area contributed by atoms with E-state index in [0.29, 0.717) is 24.2 Å². The first kappa shape index (κ1) is 16.1. The molecule has 1 aromatic rings. The molecular weight excluding hydrogens is 261 g/mol. The van der Waals surface area contributed by atoms with Crippen molar-refractivity contribution < 1.29 is 18.7 Å². The Bertz CT molecular complexity index is 474. The van der Waals surface area contributed by atoms with Gasteiger partial charge >= 0.3 is 5.97 Å². The number of carbonyl (C=O) groups is 2. The molecule has 0 aliphatic rings. The molecule has 1 aromatic carbocycles. The lowest BCUT2D eigenvalue weighted by Crippen LogP contribution is -2.04. The normalized spacial score (nSPS) is 10.2. The van der Waals surface area contributed by atoms with Crippen LogP contribution in [0.4, 0.5) is 10.1 Å². The first-order chi connectivity index (χ1) is 9.52. The molecule has 0 aliphatic heterocycles. The molecule has 4 nitrogen and oxygen atoms in total. The number of ether oxygens (including phenoxy) is 1. The van der Waals surface area contributed by atoms with Crippen LogP contribution in [-0.4, -0.2) is 25.4 Å². The zero-order valence-electron chi connectivity index (χ0n) is 11.9. The maximum atomic E-state index is 13.3. The number of ketones is 1. The molecule has 110 valence electrons. The highest BCUT2D eigenvalue weighted by atomic mass is 19.1. The second-order valence-electron chi connectivity index (χ2n) is 4.60. The van der Waals surface area contributed by atoms with Crippen LogP contribution in [0.3, 0.4) is 0 Å². The first-order valence-corrected chi connectivity index (χ1v) is 6.65. The lowest BCUT2D eigenvalue weighted by molar-refractivity contribution is -0.140. The van der Waals surface area contributed by atoms with Crippen molar-refractivity contribution >= 4 is 17.4 Å². The summed E-state index contributed by atoms with van der Waals surface area (Å²) in [7, 11) is 1.38. The molecule has 0 aromatic heterocycles. The summed E-state index contributed by atoms with van der Waals surface area (Å²) in [6.07, 6.45) is 2.95. The Balaban J connectivity index is 2.32. The minimum atomic E-state index is -0.425. The van der Waals surface area contributed by atoms with E-state index in [1.807, 2.05) is 0 Å². The summed E-state index contributed by atoms with van der Waals surface area (Å²) >= 11 is 0. The summed E-state index contributed by atoms with van der Waals surface area (Å²) in [4.78, 5) is 22.1. The molecule has 0 radical (unpaired) electrons. The Morgan fingerprint density at radius 2 is 1.95 bits per heavy atom. The second kappa shape index (κ2) is 8.30. The molecule has 0 heterocycles. The van der Waals surface area contributed by atoms with Crippen LogP contribution in [0.25, 0.3) is 0 Å². The first-order valence-electron chi connectivity index (χ1n) is 6.65. The Kier molecular flexibility index (Phi) is 6.70. The summed E-state index contributed by atoms with van der Waals surface area (Å²) < 4.78 is 17.8. The van der Waals surface area contributed by atoms with E-state index in [2.05, 4.69) is 10.1 Å². The van der Waals surface area contributed by atoms with Gasteiger partial charge in [0.1, 0.15) is 5.82 Å². The van der Waals surface area contributed by atoms with E-state index >= 15 is 0 Å². The third-order valence-electron chi connectivity index (χ3n) is 2.92. The Hall–Kier alpha value is -1.91. The summed E-state index contributed by atoms with van der Waals surface area (Å²) in [5, 5.41) is 3.07. The SMILES string of the molecule is COC(=O)CCCCCNc1cc(F)cc(C(C)=O)c1. The molecule has 20 heavy (non-hydrogen) atoms. The van der Waals surface area contributed by atoms with Crippen LogP contribution in [-0.2, 0) is 9.53 Å². The van der Waals surface area contributed by atoms with Crippen LogP contribution < -0.4 is 5.32 Å². The fourth-order valence-corrected chi connectivity index (χ4v) is 1.80. The highest BCUT2D eigenvalue weighted by molar-refractivity contribution is 5.94. The van der Waals surface area contributed by atoms with Crippen molar-refractivity contribution in [2.75, 3.05) is 19.0 Å². The van der Waals surface area contributed by atoms with Crippen molar-refractivity contribution in [3.8, 4) is 0 Å². The van der Waals surface area contributed by atoms with Crippen LogP contribution >= 0.6 is 0 Å². The van der Waals surface area contributed by atoms with Crippen LogP contribution in [0.2, 0.25) is 0 Å². The molecule has 0 aliphatic carbocycles. The zero-order valence-corrected chi connectivity index (χ0v) is 11.9. The molecule has 0 unspecified atom stereocenters. The molecule has 1 rings (SSSR count). The Morgan fingerprint density at radius 1 is 1.20 bits per heavy atom. The van der Waals surface area contributed by atoms with E-state index < -0.39 is 5.82 Å². The molecular formula is C15H20FNO3. The molecule has 0 spiro atoms. The van der Waals surface area contributed by atoms with Gasteiger partial charge in [0.05, 0.1) is 7.11 Å². The van der Waals surface area contributed by atoms with Gasteiger partial charge in [-0.3, -0.25) is 9.59 Å². The maximum Gasteiger partial charge on any atom is 0.305 e. The Labute approximate surface area is 118 Å². The van der Waals surface area contributed by atoms with E-state index in [0.717, 1.165) is 19.3 Å². The smallest absolute Gasteiger partial charge is 0.305 e. The molecule has 0 bridgehead atoms. The summed E-state index contributed by atoms with van der Waals surface area (Å²) in [5.41, 5.74) is 0.960. The van der Waals surface area contributed by atoms with Gasteiger partial charge in [0.15, 0.2) is 5.78 Å². The number of carbonyl (C=O) groups excluding carboxylic acids is 2. The summed E-state index contributed by atoms with van der Waals surface area (Å²) in [6, 6.07) is 4.23. The third kappa shape index (κ3) is 5.82. The molecule has 0 amide bonds. The largest absolute Gasteiger partial charge is 0.469 e. The number of esters is 1. The van der Waals surface area contributed by atoms with Gasteiger partial charge < -0.3 is 10.1 Å². The van der Waals surface area contributed by atoms with E-state index in [1.165, 1.54) is 26.2 Å². The van der Waals surface area contributed by atoms with E-state index in [-0.39, 0.29) is 11.8 Å². The van der Waals surface area contributed by atoms with E-state index in [1.54, 1.807) is 6.07 Å². The van der Waals surface area contributed by atoms with Gasteiger partial charge in [0.2, 0.25) is 0 Å². The zero-order chi connectivity index (χ0) is 15.0. The topological polar surface area (TPSA) is 55.4 Å². The predicted octanol–water partition coefficient (Wildman–Crippen LogP) is 3.17. The van der Waals surface area contributed by atoms with Crippen LogP contribution in [0, 0.1) is 5.82 Å². The number of hydrogen-bond donors (Lipinski definition) is 1. The minimum absolute atomic E-state index is 0.161. The van der Waals surface area contributed by atoms with Crippen LogP contribution in [0.5, 0.6) is 0 Å². The average Bonchev–Trinajstić information content (AvgIpc) is 2.41. The number of methoxy groups -OCH3 is 1. The second-order valence-corrected chi connectivity index (χ2v) is 4.60. The van der Waals surface area contributed by atoms with Crippen molar-refractivity contribution in [1.82, 2.24) is 0 Å². The van der Waals surface area contributed by atoms with Crippen molar-refractivity contribution in [3.05, 3.63) is 29.6 Å². The number of Topliss-reactive ketones (excluding diaryl/α,β-unsaturated/α-hetero) is 1. The molecule has 0 saturated heterocycles. The van der Waals surface area contributed by atoms with Crippen molar-refractivity contribution in [2.24, 2.45) is 0 Å². The molecule has 0 fully saturated rings. The molecule has 5 heteroatoms. The summed E-state index contributed by atoms with van der Waals surface area (Å²) in [5.74, 6) is -0.786. The van der Waals surface area contributed by atoms with Gasteiger partial charge in [-0.1, -0.05) is 6.42 Å². The van der Waals surface area contributed by atoms with Gasteiger partial charge in [0, 0.05) is 24.2 Å². The Morgan fingerprint density at radius 3 is 2.60 bits per heavy atom. The fraction of sp³-hybridized carbons (Fsp3) is 0.467. The number of halogens is 1.